The van der Waals surface area contributed by atoms with Crippen LogP contribution in [0, 0.1) is 0 Å². The van der Waals surface area contributed by atoms with Crippen molar-refractivity contribution in [1.29, 1.82) is 0 Å². The summed E-state index contributed by atoms with van der Waals surface area (Å²) in [7, 11) is 0. The topological polar surface area (TPSA) is 30.2 Å². The molecule has 92 valence electrons. The molecule has 0 saturated carbocycles. The van der Waals surface area contributed by atoms with Gasteiger partial charge in [0.1, 0.15) is 4.70 Å². The SMILES string of the molecule is CC(C)OC(=O)C[n+]1csc2ccccc21.[Br-]. The molecule has 0 aliphatic carbocycles. The highest BCUT2D eigenvalue weighted by Gasteiger charge is 2.17. The predicted molar refractivity (Wildman–Crippen MR) is 63.2 cm³/mol. The van der Waals surface area contributed by atoms with E-state index in [1.165, 1.54) is 4.70 Å². The Morgan fingerprint density at radius 1 is 1.41 bits per heavy atom. The van der Waals surface area contributed by atoms with Gasteiger partial charge < -0.3 is 21.7 Å². The molecule has 0 atom stereocenters. The van der Waals surface area contributed by atoms with Crippen LogP contribution in [0.15, 0.2) is 29.8 Å². The van der Waals surface area contributed by atoms with Crippen molar-refractivity contribution >= 4 is 27.5 Å². The summed E-state index contributed by atoms with van der Waals surface area (Å²) >= 11 is 1.63. The van der Waals surface area contributed by atoms with E-state index in [9.17, 15) is 4.79 Å². The number of benzene rings is 1. The summed E-state index contributed by atoms with van der Waals surface area (Å²) in [4.78, 5) is 11.5. The first-order valence-electron chi connectivity index (χ1n) is 5.22. The zero-order valence-corrected chi connectivity index (χ0v) is 12.1. The summed E-state index contributed by atoms with van der Waals surface area (Å²) in [6.07, 6.45) is -0.0574. The molecule has 2 aromatic rings. The third-order valence-electron chi connectivity index (χ3n) is 2.15. The van der Waals surface area contributed by atoms with Crippen LogP contribution in [-0.4, -0.2) is 12.1 Å². The average Bonchev–Trinajstić information content (AvgIpc) is 2.61. The molecule has 0 N–H and O–H groups in total. The number of carbonyl (C=O) groups excluding carboxylic acids is 1. The van der Waals surface area contributed by atoms with Crippen LogP contribution in [0.2, 0.25) is 0 Å². The zero-order valence-electron chi connectivity index (χ0n) is 9.72. The molecule has 0 aliphatic heterocycles. The van der Waals surface area contributed by atoms with E-state index in [4.69, 9.17) is 4.74 Å². The third kappa shape index (κ3) is 3.51. The van der Waals surface area contributed by atoms with Crippen LogP contribution in [-0.2, 0) is 16.1 Å². The van der Waals surface area contributed by atoms with E-state index in [0.717, 1.165) is 5.52 Å². The average molecular weight is 316 g/mol. The van der Waals surface area contributed by atoms with Crippen LogP contribution in [0.1, 0.15) is 13.8 Å². The number of hydrogen-bond acceptors (Lipinski definition) is 3. The van der Waals surface area contributed by atoms with Gasteiger partial charge in [-0.15, -0.1) is 0 Å². The number of aromatic nitrogens is 1. The van der Waals surface area contributed by atoms with Crippen LogP contribution in [0.4, 0.5) is 0 Å². The number of rotatable bonds is 3. The molecule has 1 heterocycles. The molecule has 0 bridgehead atoms. The number of halogens is 1. The molecule has 0 aliphatic rings. The fourth-order valence-electron chi connectivity index (χ4n) is 1.53. The normalized spacial score (nSPS) is 10.3. The van der Waals surface area contributed by atoms with E-state index in [1.807, 2.05) is 48.2 Å². The first-order valence-corrected chi connectivity index (χ1v) is 6.10. The van der Waals surface area contributed by atoms with Crippen molar-refractivity contribution < 1.29 is 31.1 Å². The van der Waals surface area contributed by atoms with E-state index in [2.05, 4.69) is 0 Å². The molecule has 0 amide bonds. The molecule has 0 radical (unpaired) electrons. The number of para-hydroxylation sites is 1. The van der Waals surface area contributed by atoms with E-state index >= 15 is 0 Å². The van der Waals surface area contributed by atoms with Crippen molar-refractivity contribution in [2.75, 3.05) is 0 Å². The molecule has 1 aromatic heterocycles. The highest BCUT2D eigenvalue weighted by molar-refractivity contribution is 7.16. The highest BCUT2D eigenvalue weighted by Crippen LogP contribution is 2.14. The molecule has 0 spiro atoms. The molecular weight excluding hydrogens is 302 g/mol. The van der Waals surface area contributed by atoms with Crippen LogP contribution >= 0.6 is 11.3 Å². The zero-order chi connectivity index (χ0) is 11.5. The van der Waals surface area contributed by atoms with Gasteiger partial charge in [0, 0.05) is 6.07 Å². The van der Waals surface area contributed by atoms with Gasteiger partial charge in [-0.1, -0.05) is 23.5 Å². The number of nitrogens with zero attached hydrogens (tertiary/aromatic N) is 1. The Morgan fingerprint density at radius 2 is 2.12 bits per heavy atom. The van der Waals surface area contributed by atoms with Crippen molar-refractivity contribution in [3.05, 3.63) is 29.8 Å². The fourth-order valence-corrected chi connectivity index (χ4v) is 2.43. The summed E-state index contributed by atoms with van der Waals surface area (Å²) < 4.78 is 8.22. The van der Waals surface area contributed by atoms with E-state index in [1.54, 1.807) is 11.3 Å². The van der Waals surface area contributed by atoms with Crippen molar-refractivity contribution in [2.24, 2.45) is 0 Å². The van der Waals surface area contributed by atoms with Gasteiger partial charge in [-0.25, -0.2) is 4.79 Å². The van der Waals surface area contributed by atoms with Gasteiger partial charge in [0.05, 0.1) is 6.10 Å². The van der Waals surface area contributed by atoms with Gasteiger partial charge in [0.25, 0.3) is 0 Å². The van der Waals surface area contributed by atoms with Crippen molar-refractivity contribution in [3.63, 3.8) is 0 Å². The number of thiazole rings is 1. The molecule has 5 heteroatoms. The standard InChI is InChI=1S/C12H14NO2S.BrH/c1-9(2)15-12(14)7-13-8-16-11-6-4-3-5-10(11)13;/h3-6,8-9H,7H2,1-2H3;1H/q+1;/p-1. The van der Waals surface area contributed by atoms with Crippen molar-refractivity contribution in [1.82, 2.24) is 0 Å². The van der Waals surface area contributed by atoms with E-state index < -0.39 is 0 Å². The van der Waals surface area contributed by atoms with Crippen LogP contribution in [0.5, 0.6) is 0 Å². The van der Waals surface area contributed by atoms with E-state index in [0.29, 0.717) is 0 Å². The Morgan fingerprint density at radius 3 is 2.82 bits per heavy atom. The molecule has 2 rings (SSSR count). The van der Waals surface area contributed by atoms with Crippen LogP contribution in [0.3, 0.4) is 0 Å². The lowest BCUT2D eigenvalue weighted by atomic mass is 10.3. The monoisotopic (exact) mass is 315 g/mol. The predicted octanol–water partition coefficient (Wildman–Crippen LogP) is -0.856. The van der Waals surface area contributed by atoms with E-state index in [-0.39, 0.29) is 35.6 Å². The minimum Gasteiger partial charge on any atom is -1.00 e. The molecule has 0 fully saturated rings. The fraction of sp³-hybridized carbons (Fsp3) is 0.333. The smallest absolute Gasteiger partial charge is 0.372 e. The van der Waals surface area contributed by atoms with Gasteiger partial charge in [-0.2, -0.15) is 4.57 Å². The number of hydrogen-bond donors (Lipinski definition) is 0. The molecule has 1 aromatic carbocycles. The Labute approximate surface area is 115 Å². The lowest BCUT2D eigenvalue weighted by Gasteiger charge is -2.04. The maximum Gasteiger partial charge on any atom is 0.372 e. The summed E-state index contributed by atoms with van der Waals surface area (Å²) in [6.45, 7) is 3.99. The Kier molecular flexibility index (Phi) is 5.08. The lowest BCUT2D eigenvalue weighted by molar-refractivity contribution is -0.655. The number of ether oxygens (including phenoxy) is 1. The summed E-state index contributed by atoms with van der Waals surface area (Å²) in [5.41, 5.74) is 3.03. The molecule has 0 unspecified atom stereocenters. The summed E-state index contributed by atoms with van der Waals surface area (Å²) in [5, 5.41) is 0. The second kappa shape index (κ2) is 6.12. The van der Waals surface area contributed by atoms with Gasteiger partial charge in [-0.3, -0.25) is 0 Å². The summed E-state index contributed by atoms with van der Waals surface area (Å²) in [6, 6.07) is 8.02. The minimum absolute atomic E-state index is 0. The quantitative estimate of drug-likeness (QED) is 0.545. The van der Waals surface area contributed by atoms with Gasteiger partial charge in [0.15, 0.2) is 0 Å². The molecule has 3 nitrogen and oxygen atoms in total. The van der Waals surface area contributed by atoms with Crippen molar-refractivity contribution in [3.8, 4) is 0 Å². The highest BCUT2D eigenvalue weighted by atomic mass is 79.9. The Hall–Kier alpha value is -0.940. The maximum atomic E-state index is 11.5. The summed E-state index contributed by atoms with van der Waals surface area (Å²) in [5.74, 6) is -0.191. The Balaban J connectivity index is 0.00000144. The third-order valence-corrected chi connectivity index (χ3v) is 3.11. The second-order valence-electron chi connectivity index (χ2n) is 3.86. The second-order valence-corrected chi connectivity index (χ2v) is 4.74. The lowest BCUT2D eigenvalue weighted by Crippen LogP contribution is -3.00. The van der Waals surface area contributed by atoms with Gasteiger partial charge in [-0.05, 0) is 19.9 Å². The van der Waals surface area contributed by atoms with Gasteiger partial charge in [0.2, 0.25) is 17.6 Å². The number of fused-ring (bicyclic) bond motifs is 1. The van der Waals surface area contributed by atoms with Gasteiger partial charge >= 0.3 is 5.97 Å². The molecule has 17 heavy (non-hydrogen) atoms. The Bertz CT molecular complexity index is 510. The van der Waals surface area contributed by atoms with Crippen LogP contribution in [0.25, 0.3) is 10.2 Å². The van der Waals surface area contributed by atoms with Crippen molar-refractivity contribution in [2.45, 2.75) is 26.5 Å². The maximum absolute atomic E-state index is 11.5. The largest absolute Gasteiger partial charge is 1.00 e. The first kappa shape index (κ1) is 14.1. The number of esters is 1. The minimum atomic E-state index is -0.191. The number of carbonyl (C=O) groups is 1. The van der Waals surface area contributed by atoms with Crippen LogP contribution < -0.4 is 21.5 Å². The molecule has 0 saturated heterocycles. The first-order chi connectivity index (χ1) is 7.66. The molecular formula is C12H14BrNO2S.